The zero-order valence-electron chi connectivity index (χ0n) is 16.6. The molecule has 1 atom stereocenters. The van der Waals surface area contributed by atoms with E-state index in [0.717, 1.165) is 19.6 Å². The summed E-state index contributed by atoms with van der Waals surface area (Å²) < 4.78 is 31.0. The molecule has 0 amide bonds. The summed E-state index contributed by atoms with van der Waals surface area (Å²) in [6, 6.07) is 10.2. The number of methoxy groups -OCH3 is 2. The maximum absolute atomic E-state index is 14.9. The highest BCUT2D eigenvalue weighted by Gasteiger charge is 2.19. The zero-order chi connectivity index (χ0) is 20.5. The summed E-state index contributed by atoms with van der Waals surface area (Å²) in [5, 5.41) is 3.62. The van der Waals surface area contributed by atoms with Gasteiger partial charge in [-0.05, 0) is 36.8 Å². The molecule has 2 aromatic carbocycles. The number of ether oxygens (including phenoxy) is 2. The molecule has 1 aromatic heterocycles. The Morgan fingerprint density at radius 3 is 2.66 bits per heavy atom. The van der Waals surface area contributed by atoms with Gasteiger partial charge >= 0.3 is 5.63 Å². The Balaban J connectivity index is 1.79. The fourth-order valence-electron chi connectivity index (χ4n) is 3.72. The molecule has 3 aromatic rings. The second kappa shape index (κ2) is 7.75. The van der Waals surface area contributed by atoms with Crippen LogP contribution in [0.25, 0.3) is 22.1 Å². The molecule has 29 heavy (non-hydrogen) atoms. The molecule has 1 aliphatic heterocycles. The van der Waals surface area contributed by atoms with Gasteiger partial charge in [0.1, 0.15) is 11.4 Å². The third-order valence-electron chi connectivity index (χ3n) is 5.22. The van der Waals surface area contributed by atoms with E-state index in [1.807, 2.05) is 0 Å². The van der Waals surface area contributed by atoms with E-state index in [9.17, 15) is 9.18 Å². The first-order chi connectivity index (χ1) is 14.0. The average molecular weight is 398 g/mol. The lowest BCUT2D eigenvalue weighted by molar-refractivity contribution is 0.355. The molecule has 0 aliphatic carbocycles. The van der Waals surface area contributed by atoms with E-state index in [-0.39, 0.29) is 16.5 Å². The molecule has 0 bridgehead atoms. The number of benzene rings is 2. The van der Waals surface area contributed by atoms with Gasteiger partial charge in [0, 0.05) is 37.4 Å². The molecule has 1 N–H and O–H groups in total. The van der Waals surface area contributed by atoms with Gasteiger partial charge in [0.15, 0.2) is 11.5 Å². The van der Waals surface area contributed by atoms with Crippen LogP contribution in [0.3, 0.4) is 0 Å². The summed E-state index contributed by atoms with van der Waals surface area (Å²) in [7, 11) is 3.05. The van der Waals surface area contributed by atoms with E-state index >= 15 is 0 Å². The number of hydrogen-bond donors (Lipinski definition) is 1. The van der Waals surface area contributed by atoms with Gasteiger partial charge in [-0.3, -0.25) is 0 Å². The molecular formula is C22H23FN2O4. The van der Waals surface area contributed by atoms with Crippen LogP contribution >= 0.6 is 0 Å². The van der Waals surface area contributed by atoms with Crippen LogP contribution in [0.5, 0.6) is 11.5 Å². The fraction of sp³-hybridized carbons (Fsp3) is 0.318. The van der Waals surface area contributed by atoms with Crippen LogP contribution in [0.2, 0.25) is 0 Å². The van der Waals surface area contributed by atoms with Crippen molar-refractivity contribution >= 4 is 16.7 Å². The van der Waals surface area contributed by atoms with E-state index in [0.29, 0.717) is 28.8 Å². The Labute approximate surface area is 167 Å². The van der Waals surface area contributed by atoms with Gasteiger partial charge in [0.2, 0.25) is 0 Å². The highest BCUT2D eigenvalue weighted by Crippen LogP contribution is 2.33. The highest BCUT2D eigenvalue weighted by molar-refractivity contribution is 5.85. The number of nitrogens with one attached hydrogen (secondary N) is 1. The number of hydrogen-bond acceptors (Lipinski definition) is 6. The van der Waals surface area contributed by atoms with Crippen LogP contribution < -0.4 is 25.3 Å². The normalized spacial score (nSPS) is 16.8. The minimum atomic E-state index is -0.532. The fourth-order valence-corrected chi connectivity index (χ4v) is 3.72. The molecule has 0 radical (unpaired) electrons. The largest absolute Gasteiger partial charge is 0.493 e. The summed E-state index contributed by atoms with van der Waals surface area (Å²) in [5.74, 6) is 0.602. The van der Waals surface area contributed by atoms with E-state index in [2.05, 4.69) is 17.1 Å². The van der Waals surface area contributed by atoms with Crippen molar-refractivity contribution < 1.29 is 18.3 Å². The number of rotatable bonds is 4. The van der Waals surface area contributed by atoms with Crippen molar-refractivity contribution in [3.05, 3.63) is 52.6 Å². The molecule has 1 saturated heterocycles. The molecule has 7 heteroatoms. The number of fused-ring (bicyclic) bond motifs is 1. The lowest BCUT2D eigenvalue weighted by Gasteiger charge is -2.33. The maximum atomic E-state index is 14.9. The van der Waals surface area contributed by atoms with E-state index in [1.54, 1.807) is 24.3 Å². The van der Waals surface area contributed by atoms with Crippen molar-refractivity contribution in [1.29, 1.82) is 0 Å². The zero-order valence-corrected chi connectivity index (χ0v) is 16.6. The van der Waals surface area contributed by atoms with Gasteiger partial charge in [-0.15, -0.1) is 0 Å². The molecular weight excluding hydrogens is 375 g/mol. The first-order valence-corrected chi connectivity index (χ1v) is 9.48. The van der Waals surface area contributed by atoms with Gasteiger partial charge in [-0.2, -0.15) is 0 Å². The Bertz CT molecular complexity index is 1110. The van der Waals surface area contributed by atoms with Crippen LogP contribution in [0, 0.1) is 5.82 Å². The summed E-state index contributed by atoms with van der Waals surface area (Å²) >= 11 is 0. The monoisotopic (exact) mass is 398 g/mol. The SMILES string of the molecule is COc1ccc(-c2cc3c(F)cc(N4CCNC(C)C4)cc3oc2=O)cc1OC. The van der Waals surface area contributed by atoms with Crippen molar-refractivity contribution in [3.8, 4) is 22.6 Å². The van der Waals surface area contributed by atoms with Gasteiger partial charge in [-0.25, -0.2) is 9.18 Å². The topological polar surface area (TPSA) is 63.9 Å². The van der Waals surface area contributed by atoms with E-state index < -0.39 is 11.4 Å². The third kappa shape index (κ3) is 3.65. The minimum Gasteiger partial charge on any atom is -0.493 e. The molecule has 6 nitrogen and oxygen atoms in total. The number of halogens is 1. The summed E-state index contributed by atoms with van der Waals surface area (Å²) in [6.45, 7) is 4.43. The molecule has 4 rings (SSSR count). The highest BCUT2D eigenvalue weighted by atomic mass is 19.1. The van der Waals surface area contributed by atoms with Crippen molar-refractivity contribution in [1.82, 2.24) is 5.32 Å². The van der Waals surface area contributed by atoms with Crippen LogP contribution in [0.15, 0.2) is 45.6 Å². The van der Waals surface area contributed by atoms with Crippen molar-refractivity contribution in [2.45, 2.75) is 13.0 Å². The molecule has 1 fully saturated rings. The predicted octanol–water partition coefficient (Wildman–Crippen LogP) is 3.41. The Kier molecular flexibility index (Phi) is 5.15. The summed E-state index contributed by atoms with van der Waals surface area (Å²) in [4.78, 5) is 14.7. The minimum absolute atomic E-state index is 0.236. The van der Waals surface area contributed by atoms with E-state index in [1.165, 1.54) is 26.4 Å². The van der Waals surface area contributed by atoms with Crippen molar-refractivity contribution in [2.24, 2.45) is 0 Å². The van der Waals surface area contributed by atoms with Gasteiger partial charge in [-0.1, -0.05) is 6.07 Å². The first kappa shape index (κ1) is 19.3. The lowest BCUT2D eigenvalue weighted by Crippen LogP contribution is -2.49. The average Bonchev–Trinajstić information content (AvgIpc) is 2.72. The Morgan fingerprint density at radius 1 is 1.14 bits per heavy atom. The third-order valence-corrected chi connectivity index (χ3v) is 5.22. The quantitative estimate of drug-likeness (QED) is 0.680. The van der Waals surface area contributed by atoms with Crippen LogP contribution in [0.1, 0.15) is 6.92 Å². The number of nitrogens with zero attached hydrogens (tertiary/aromatic N) is 1. The van der Waals surface area contributed by atoms with Crippen LogP contribution in [0.4, 0.5) is 10.1 Å². The second-order valence-corrected chi connectivity index (χ2v) is 7.16. The molecule has 1 aliphatic rings. The number of anilines is 1. The van der Waals surface area contributed by atoms with Crippen LogP contribution in [-0.2, 0) is 0 Å². The number of piperazine rings is 1. The molecule has 152 valence electrons. The standard InChI is InChI=1S/C22H23FN2O4/c1-13-12-25(7-6-24-13)15-9-18(23)17-11-16(22(26)29-20(17)10-15)14-4-5-19(27-2)21(8-14)28-3/h4-5,8-11,13,24H,6-7,12H2,1-3H3. The van der Waals surface area contributed by atoms with Crippen molar-refractivity contribution in [3.63, 3.8) is 0 Å². The first-order valence-electron chi connectivity index (χ1n) is 9.48. The molecule has 2 heterocycles. The second-order valence-electron chi connectivity index (χ2n) is 7.16. The summed E-state index contributed by atoms with van der Waals surface area (Å²) in [6.07, 6.45) is 0. The van der Waals surface area contributed by atoms with Gasteiger partial charge in [0.25, 0.3) is 0 Å². The van der Waals surface area contributed by atoms with E-state index in [4.69, 9.17) is 13.9 Å². The molecule has 1 unspecified atom stereocenters. The summed E-state index contributed by atoms with van der Waals surface area (Å²) in [5.41, 5.74) is 1.25. The molecule has 0 spiro atoms. The Hall–Kier alpha value is -3.06. The van der Waals surface area contributed by atoms with Crippen molar-refractivity contribution in [2.75, 3.05) is 38.8 Å². The predicted molar refractivity (Wildman–Crippen MR) is 111 cm³/mol. The van der Waals surface area contributed by atoms with Gasteiger partial charge in [0.05, 0.1) is 25.2 Å². The smallest absolute Gasteiger partial charge is 0.344 e. The lowest BCUT2D eigenvalue weighted by atomic mass is 10.0. The maximum Gasteiger partial charge on any atom is 0.344 e. The molecule has 0 saturated carbocycles. The van der Waals surface area contributed by atoms with Gasteiger partial charge < -0.3 is 24.1 Å². The Morgan fingerprint density at radius 2 is 1.93 bits per heavy atom. The van der Waals surface area contributed by atoms with Crippen LogP contribution in [-0.4, -0.2) is 39.9 Å².